The molecule has 0 unspecified atom stereocenters. The minimum absolute atomic E-state index is 0.0567. The average molecular weight is 388 g/mol. The van der Waals surface area contributed by atoms with Gasteiger partial charge in [0.2, 0.25) is 10.0 Å². The maximum absolute atomic E-state index is 13.4. The van der Waals surface area contributed by atoms with Gasteiger partial charge in [0.15, 0.2) is 11.6 Å². The van der Waals surface area contributed by atoms with Crippen molar-refractivity contribution in [1.29, 1.82) is 0 Å². The molecule has 0 saturated carbocycles. The van der Waals surface area contributed by atoms with Gasteiger partial charge in [-0.3, -0.25) is 0 Å². The van der Waals surface area contributed by atoms with E-state index >= 15 is 0 Å². The number of rotatable bonds is 6. The van der Waals surface area contributed by atoms with E-state index in [1.807, 2.05) is 0 Å². The Morgan fingerprint density at radius 2 is 1.77 bits per heavy atom. The van der Waals surface area contributed by atoms with Gasteiger partial charge < -0.3 is 4.74 Å². The van der Waals surface area contributed by atoms with E-state index < -0.39 is 15.8 Å². The molecule has 22 heavy (non-hydrogen) atoms. The predicted molar refractivity (Wildman–Crippen MR) is 85.9 cm³/mol. The first-order valence-electron chi connectivity index (χ1n) is 6.51. The van der Waals surface area contributed by atoms with E-state index in [4.69, 9.17) is 4.74 Å². The highest BCUT2D eigenvalue weighted by Crippen LogP contribution is 2.24. The standard InChI is InChI=1S/C15H15BrFNO3S/c1-18(10-11-21-14-8-4-3-7-13(14)17)22(19,20)15-9-5-2-6-12(15)16/h2-9H,10-11H2,1H3. The van der Waals surface area contributed by atoms with Crippen LogP contribution in [0.25, 0.3) is 0 Å². The van der Waals surface area contributed by atoms with Crippen molar-refractivity contribution < 1.29 is 17.5 Å². The first kappa shape index (κ1) is 16.9. The van der Waals surface area contributed by atoms with E-state index in [0.29, 0.717) is 4.47 Å². The molecule has 0 amide bonds. The Labute approximate surface area is 137 Å². The van der Waals surface area contributed by atoms with E-state index in [1.165, 1.54) is 29.6 Å². The van der Waals surface area contributed by atoms with Crippen molar-refractivity contribution in [3.05, 3.63) is 58.8 Å². The maximum atomic E-state index is 13.4. The molecule has 2 aromatic rings. The van der Waals surface area contributed by atoms with Gasteiger partial charge in [0.1, 0.15) is 6.61 Å². The lowest BCUT2D eigenvalue weighted by molar-refractivity contribution is 0.275. The summed E-state index contributed by atoms with van der Waals surface area (Å²) in [6, 6.07) is 12.6. The Bertz CT molecular complexity index is 752. The van der Waals surface area contributed by atoms with Crippen LogP contribution in [0.5, 0.6) is 5.75 Å². The molecule has 0 bridgehead atoms. The third kappa shape index (κ3) is 3.85. The lowest BCUT2D eigenvalue weighted by Gasteiger charge is -2.18. The molecule has 4 nitrogen and oxygen atoms in total. The summed E-state index contributed by atoms with van der Waals surface area (Å²) in [6.07, 6.45) is 0. The zero-order valence-electron chi connectivity index (χ0n) is 11.9. The van der Waals surface area contributed by atoms with Gasteiger partial charge in [-0.2, -0.15) is 4.31 Å². The predicted octanol–water partition coefficient (Wildman–Crippen LogP) is 3.29. The number of para-hydroxylation sites is 1. The maximum Gasteiger partial charge on any atom is 0.244 e. The van der Waals surface area contributed by atoms with E-state index in [1.54, 1.807) is 30.3 Å². The summed E-state index contributed by atoms with van der Waals surface area (Å²) < 4.78 is 45.2. The molecule has 2 rings (SSSR count). The van der Waals surface area contributed by atoms with E-state index in [9.17, 15) is 12.8 Å². The Hall–Kier alpha value is -1.44. The van der Waals surface area contributed by atoms with Crippen molar-refractivity contribution in [3.8, 4) is 5.75 Å². The molecule has 0 spiro atoms. The van der Waals surface area contributed by atoms with Crippen LogP contribution in [0.3, 0.4) is 0 Å². The fourth-order valence-electron chi connectivity index (χ4n) is 1.79. The molecule has 118 valence electrons. The molecule has 0 heterocycles. The molecule has 7 heteroatoms. The van der Waals surface area contributed by atoms with Crippen molar-refractivity contribution in [2.24, 2.45) is 0 Å². The number of benzene rings is 2. The molecule has 2 aromatic carbocycles. The van der Waals surface area contributed by atoms with Gasteiger partial charge in [0, 0.05) is 18.1 Å². The van der Waals surface area contributed by atoms with Crippen LogP contribution in [0.2, 0.25) is 0 Å². The summed E-state index contributed by atoms with van der Waals surface area (Å²) in [4.78, 5) is 0.184. The first-order chi connectivity index (χ1) is 10.4. The monoisotopic (exact) mass is 387 g/mol. The number of nitrogens with zero attached hydrogens (tertiary/aromatic N) is 1. The van der Waals surface area contributed by atoms with Crippen LogP contribution in [0, 0.1) is 5.82 Å². The number of likely N-dealkylation sites (N-methyl/N-ethyl adjacent to an activating group) is 1. The molecule has 0 saturated heterocycles. The quantitative estimate of drug-likeness (QED) is 0.763. The number of hydrogen-bond acceptors (Lipinski definition) is 3. The topological polar surface area (TPSA) is 46.6 Å². The minimum atomic E-state index is -3.62. The van der Waals surface area contributed by atoms with Gasteiger partial charge in [-0.1, -0.05) is 24.3 Å². The average Bonchev–Trinajstić information content (AvgIpc) is 2.49. The van der Waals surface area contributed by atoms with Crippen LogP contribution < -0.4 is 4.74 Å². The van der Waals surface area contributed by atoms with Gasteiger partial charge in [-0.15, -0.1) is 0 Å². The second-order valence-electron chi connectivity index (χ2n) is 4.54. The molecule has 0 aliphatic rings. The van der Waals surface area contributed by atoms with Gasteiger partial charge in [-0.05, 0) is 40.2 Å². The molecular weight excluding hydrogens is 373 g/mol. The molecule has 0 N–H and O–H groups in total. The Kier molecular flexibility index (Phi) is 5.55. The summed E-state index contributed by atoms with van der Waals surface area (Å²) in [5.41, 5.74) is 0. The van der Waals surface area contributed by atoms with Crippen LogP contribution in [-0.4, -0.2) is 32.9 Å². The number of halogens is 2. The van der Waals surface area contributed by atoms with Gasteiger partial charge >= 0.3 is 0 Å². The van der Waals surface area contributed by atoms with Crippen molar-refractivity contribution >= 4 is 26.0 Å². The van der Waals surface area contributed by atoms with E-state index in [0.717, 1.165) is 0 Å². The highest BCUT2D eigenvalue weighted by molar-refractivity contribution is 9.10. The number of ether oxygens (including phenoxy) is 1. The van der Waals surface area contributed by atoms with Crippen molar-refractivity contribution in [1.82, 2.24) is 4.31 Å². The van der Waals surface area contributed by atoms with Crippen molar-refractivity contribution in [2.75, 3.05) is 20.2 Å². The largest absolute Gasteiger partial charge is 0.489 e. The Morgan fingerprint density at radius 3 is 2.45 bits per heavy atom. The summed E-state index contributed by atoms with van der Waals surface area (Å²) in [5, 5.41) is 0. The Balaban J connectivity index is 2.02. The van der Waals surface area contributed by atoms with Crippen molar-refractivity contribution in [2.45, 2.75) is 4.90 Å². The third-order valence-electron chi connectivity index (χ3n) is 3.03. The highest BCUT2D eigenvalue weighted by atomic mass is 79.9. The third-order valence-corrected chi connectivity index (χ3v) is 5.89. The minimum Gasteiger partial charge on any atom is -0.489 e. The Morgan fingerprint density at radius 1 is 1.14 bits per heavy atom. The van der Waals surface area contributed by atoms with Crippen LogP contribution in [0.1, 0.15) is 0 Å². The van der Waals surface area contributed by atoms with Gasteiger partial charge in [0.05, 0.1) is 4.90 Å². The molecule has 0 atom stereocenters. The fourth-order valence-corrected chi connectivity index (χ4v) is 3.90. The zero-order valence-corrected chi connectivity index (χ0v) is 14.3. The summed E-state index contributed by atoms with van der Waals surface area (Å²) in [6.45, 7) is 0.166. The van der Waals surface area contributed by atoms with Crippen LogP contribution in [0.15, 0.2) is 57.9 Å². The lowest BCUT2D eigenvalue weighted by atomic mass is 10.3. The van der Waals surface area contributed by atoms with E-state index in [-0.39, 0.29) is 23.8 Å². The molecule has 0 fully saturated rings. The summed E-state index contributed by atoms with van der Waals surface area (Å²) in [5.74, 6) is -0.368. The number of hydrogen-bond donors (Lipinski definition) is 0. The second kappa shape index (κ2) is 7.21. The van der Waals surface area contributed by atoms with Crippen molar-refractivity contribution in [3.63, 3.8) is 0 Å². The smallest absolute Gasteiger partial charge is 0.244 e. The van der Waals surface area contributed by atoms with Crippen LogP contribution >= 0.6 is 15.9 Å². The van der Waals surface area contributed by atoms with Gasteiger partial charge in [-0.25, -0.2) is 12.8 Å². The zero-order chi connectivity index (χ0) is 16.2. The van der Waals surface area contributed by atoms with Crippen LogP contribution in [0.4, 0.5) is 4.39 Å². The molecule has 0 aromatic heterocycles. The highest BCUT2D eigenvalue weighted by Gasteiger charge is 2.22. The molecule has 0 radical (unpaired) electrons. The van der Waals surface area contributed by atoms with E-state index in [2.05, 4.69) is 15.9 Å². The second-order valence-corrected chi connectivity index (χ2v) is 7.40. The lowest BCUT2D eigenvalue weighted by Crippen LogP contribution is -2.31. The fraction of sp³-hybridized carbons (Fsp3) is 0.200. The van der Waals surface area contributed by atoms with Crippen LogP contribution in [-0.2, 0) is 10.0 Å². The number of sulfonamides is 1. The summed E-state index contributed by atoms with van der Waals surface area (Å²) >= 11 is 3.23. The molecule has 0 aliphatic carbocycles. The summed E-state index contributed by atoms with van der Waals surface area (Å²) in [7, 11) is -2.16. The normalized spacial score (nSPS) is 11.6. The molecular formula is C15H15BrFNO3S. The SMILES string of the molecule is CN(CCOc1ccccc1F)S(=O)(=O)c1ccccc1Br. The van der Waals surface area contributed by atoms with Gasteiger partial charge in [0.25, 0.3) is 0 Å². The molecule has 0 aliphatic heterocycles. The first-order valence-corrected chi connectivity index (χ1v) is 8.74.